The molecule has 94 valence electrons. The van der Waals surface area contributed by atoms with Crippen molar-refractivity contribution in [1.29, 1.82) is 0 Å². The fraction of sp³-hybridized carbons (Fsp3) is 0.0833. The van der Waals surface area contributed by atoms with E-state index in [1.54, 1.807) is 0 Å². The number of para-hydroxylation sites is 1. The normalized spacial score (nSPS) is 9.33. The average molecular weight is 249 g/mol. The Balaban J connectivity index is 0.000000203. The van der Waals surface area contributed by atoms with Gasteiger partial charge in [0, 0.05) is 11.6 Å². The van der Waals surface area contributed by atoms with E-state index in [1.807, 2.05) is 30.3 Å². The number of carbonyl (C=O) groups is 2. The molecule has 0 unspecified atom stereocenters. The van der Waals surface area contributed by atoms with Crippen molar-refractivity contribution in [3.63, 3.8) is 0 Å². The number of rotatable bonds is 2. The topological polar surface area (TPSA) is 107 Å². The van der Waals surface area contributed by atoms with Crippen LogP contribution in [0.25, 0.3) is 10.9 Å². The Morgan fingerprint density at radius 1 is 1.00 bits per heavy atom. The van der Waals surface area contributed by atoms with Crippen LogP contribution < -0.4 is 5.56 Å². The number of benzene rings is 1. The third-order valence-corrected chi connectivity index (χ3v) is 1.94. The van der Waals surface area contributed by atoms with Crippen molar-refractivity contribution in [2.24, 2.45) is 0 Å². The molecule has 0 bridgehead atoms. The van der Waals surface area contributed by atoms with Crippen LogP contribution in [-0.4, -0.2) is 27.1 Å². The summed E-state index contributed by atoms with van der Waals surface area (Å²) in [6, 6.07) is 11.0. The average Bonchev–Trinajstić information content (AvgIpc) is 2.27. The fourth-order valence-electron chi connectivity index (χ4n) is 1.23. The van der Waals surface area contributed by atoms with Crippen molar-refractivity contribution in [2.75, 3.05) is 0 Å². The van der Waals surface area contributed by atoms with E-state index in [0.29, 0.717) is 0 Å². The summed E-state index contributed by atoms with van der Waals surface area (Å²) >= 11 is 0. The third kappa shape index (κ3) is 4.48. The molecule has 0 saturated heterocycles. The summed E-state index contributed by atoms with van der Waals surface area (Å²) in [7, 11) is 0. The Hall–Kier alpha value is -2.63. The van der Waals surface area contributed by atoms with Gasteiger partial charge in [-0.15, -0.1) is 0 Å². The number of carboxylic acid groups (broad SMARTS) is 2. The maximum Gasteiger partial charge on any atom is 0.314 e. The summed E-state index contributed by atoms with van der Waals surface area (Å²) in [5.74, 6) is -2.62. The van der Waals surface area contributed by atoms with Gasteiger partial charge in [0.05, 0.1) is 0 Å². The van der Waals surface area contributed by atoms with Gasteiger partial charge in [0.1, 0.15) is 6.42 Å². The van der Waals surface area contributed by atoms with Gasteiger partial charge in [-0.25, -0.2) is 0 Å². The van der Waals surface area contributed by atoms with Crippen LogP contribution in [0, 0.1) is 0 Å². The Kier molecular flexibility index (Phi) is 4.62. The maximum atomic E-state index is 10.8. The molecule has 6 heteroatoms. The first-order valence-corrected chi connectivity index (χ1v) is 5.00. The molecule has 1 aromatic carbocycles. The molecule has 6 nitrogen and oxygen atoms in total. The molecule has 1 heterocycles. The molecular formula is C12H11NO5. The molecule has 1 aromatic heterocycles. The molecule has 18 heavy (non-hydrogen) atoms. The number of fused-ring (bicyclic) bond motifs is 1. The zero-order chi connectivity index (χ0) is 13.5. The molecule has 0 saturated carbocycles. The lowest BCUT2D eigenvalue weighted by Crippen LogP contribution is -2.03. The maximum absolute atomic E-state index is 10.8. The second-order valence-electron chi connectivity index (χ2n) is 3.37. The van der Waals surface area contributed by atoms with Gasteiger partial charge in [-0.2, -0.15) is 0 Å². The van der Waals surface area contributed by atoms with Crippen LogP contribution in [0.2, 0.25) is 0 Å². The number of aliphatic carboxylic acids is 2. The SMILES string of the molecule is O=C(O)CC(=O)O.O=c1ccc2ccccc2[nH]1. The van der Waals surface area contributed by atoms with Gasteiger partial charge in [-0.3, -0.25) is 14.4 Å². The predicted octanol–water partition coefficient (Wildman–Crippen LogP) is 1.07. The fourth-order valence-corrected chi connectivity index (χ4v) is 1.23. The van der Waals surface area contributed by atoms with Crippen LogP contribution >= 0.6 is 0 Å². The van der Waals surface area contributed by atoms with Gasteiger partial charge in [0.2, 0.25) is 5.56 Å². The number of H-pyrrole nitrogens is 1. The lowest BCUT2D eigenvalue weighted by molar-refractivity contribution is -0.147. The van der Waals surface area contributed by atoms with Crippen molar-refractivity contribution in [3.05, 3.63) is 46.8 Å². The van der Waals surface area contributed by atoms with Crippen LogP contribution in [0.5, 0.6) is 0 Å². The summed E-state index contributed by atoms with van der Waals surface area (Å²) in [4.78, 5) is 32.4. The first-order chi connectivity index (χ1) is 8.49. The van der Waals surface area contributed by atoms with Crippen molar-refractivity contribution >= 4 is 22.8 Å². The number of nitrogens with one attached hydrogen (secondary N) is 1. The highest BCUT2D eigenvalue weighted by Gasteiger charge is 2.01. The molecule has 0 aliphatic rings. The highest BCUT2D eigenvalue weighted by atomic mass is 16.4. The lowest BCUT2D eigenvalue weighted by atomic mass is 10.2. The van der Waals surface area contributed by atoms with E-state index in [1.165, 1.54) is 6.07 Å². The Morgan fingerprint density at radius 2 is 1.61 bits per heavy atom. The third-order valence-electron chi connectivity index (χ3n) is 1.94. The quantitative estimate of drug-likeness (QED) is 0.690. The minimum Gasteiger partial charge on any atom is -0.481 e. The highest BCUT2D eigenvalue weighted by molar-refractivity contribution is 5.88. The molecule has 3 N–H and O–H groups in total. The number of hydrogen-bond acceptors (Lipinski definition) is 3. The number of aromatic nitrogens is 1. The first-order valence-electron chi connectivity index (χ1n) is 5.00. The van der Waals surface area contributed by atoms with Crippen LogP contribution in [0.4, 0.5) is 0 Å². The van der Waals surface area contributed by atoms with Crippen molar-refractivity contribution in [2.45, 2.75) is 6.42 Å². The molecular weight excluding hydrogens is 238 g/mol. The number of carboxylic acids is 2. The Labute approximate surface area is 102 Å². The summed E-state index contributed by atoms with van der Waals surface area (Å²) in [6.45, 7) is 0. The second kappa shape index (κ2) is 6.19. The highest BCUT2D eigenvalue weighted by Crippen LogP contribution is 2.06. The summed E-state index contributed by atoms with van der Waals surface area (Å²) in [5.41, 5.74) is 0.837. The van der Waals surface area contributed by atoms with Gasteiger partial charge < -0.3 is 15.2 Å². The largest absolute Gasteiger partial charge is 0.481 e. The minimum atomic E-state index is -1.31. The minimum absolute atomic E-state index is 0.0521. The summed E-state index contributed by atoms with van der Waals surface area (Å²) in [6.07, 6.45) is -0.806. The first kappa shape index (κ1) is 13.4. The summed E-state index contributed by atoms with van der Waals surface area (Å²) < 4.78 is 0. The van der Waals surface area contributed by atoms with Gasteiger partial charge in [0.25, 0.3) is 0 Å². The number of pyridine rings is 1. The van der Waals surface area contributed by atoms with Crippen molar-refractivity contribution < 1.29 is 19.8 Å². The van der Waals surface area contributed by atoms with Gasteiger partial charge in [-0.1, -0.05) is 18.2 Å². The van der Waals surface area contributed by atoms with E-state index in [-0.39, 0.29) is 5.56 Å². The van der Waals surface area contributed by atoms with Crippen LogP contribution in [0.15, 0.2) is 41.2 Å². The Morgan fingerprint density at radius 3 is 2.17 bits per heavy atom. The molecule has 0 fully saturated rings. The van der Waals surface area contributed by atoms with E-state index >= 15 is 0 Å². The zero-order valence-corrected chi connectivity index (χ0v) is 9.29. The molecule has 0 aliphatic heterocycles. The monoisotopic (exact) mass is 249 g/mol. The van der Waals surface area contributed by atoms with E-state index < -0.39 is 18.4 Å². The molecule has 0 radical (unpaired) electrons. The van der Waals surface area contributed by atoms with Crippen molar-refractivity contribution in [3.8, 4) is 0 Å². The van der Waals surface area contributed by atoms with Gasteiger partial charge in [-0.05, 0) is 17.5 Å². The molecule has 2 aromatic rings. The van der Waals surface area contributed by atoms with E-state index in [0.717, 1.165) is 10.9 Å². The molecule has 2 rings (SSSR count). The number of hydrogen-bond donors (Lipinski definition) is 3. The summed E-state index contributed by atoms with van der Waals surface area (Å²) in [5, 5.41) is 16.5. The molecule has 0 aliphatic carbocycles. The van der Waals surface area contributed by atoms with E-state index in [2.05, 4.69) is 4.98 Å². The van der Waals surface area contributed by atoms with E-state index in [4.69, 9.17) is 10.2 Å². The zero-order valence-electron chi connectivity index (χ0n) is 9.29. The van der Waals surface area contributed by atoms with Crippen LogP contribution in [0.3, 0.4) is 0 Å². The predicted molar refractivity (Wildman–Crippen MR) is 64.5 cm³/mol. The Bertz CT molecular complexity index is 605. The molecule has 0 spiro atoms. The van der Waals surface area contributed by atoms with Crippen molar-refractivity contribution in [1.82, 2.24) is 4.98 Å². The van der Waals surface area contributed by atoms with Crippen LogP contribution in [-0.2, 0) is 9.59 Å². The molecule has 0 atom stereocenters. The van der Waals surface area contributed by atoms with E-state index in [9.17, 15) is 14.4 Å². The van der Waals surface area contributed by atoms with Gasteiger partial charge >= 0.3 is 11.9 Å². The molecule has 0 amide bonds. The standard InChI is InChI=1S/C9H7NO.C3H4O4/c11-9-6-5-7-3-1-2-4-8(7)10-9;4-2(5)1-3(6)7/h1-6H,(H,10,11);1H2,(H,4,5)(H,6,7). The lowest BCUT2D eigenvalue weighted by Gasteiger charge is -1.93. The van der Waals surface area contributed by atoms with Gasteiger partial charge in [0.15, 0.2) is 0 Å². The second-order valence-corrected chi connectivity index (χ2v) is 3.37. The number of aromatic amines is 1. The smallest absolute Gasteiger partial charge is 0.314 e. The van der Waals surface area contributed by atoms with Crippen LogP contribution in [0.1, 0.15) is 6.42 Å².